The Morgan fingerprint density at radius 3 is 1.25 bits per heavy atom. The average Bonchev–Trinajstić information content (AvgIpc) is 3.18. The number of benzene rings is 3. The normalized spacial score (nSPS) is 18.0. The second-order valence-electron chi connectivity index (χ2n) is 18.9. The number of piperidine rings is 2. The number of amides is 3. The Morgan fingerprint density at radius 1 is 0.474 bits per heavy atom. The van der Waals surface area contributed by atoms with Crippen LogP contribution in [0.2, 0.25) is 0 Å². The van der Waals surface area contributed by atoms with Crippen LogP contribution < -0.4 is 10.6 Å². The van der Waals surface area contributed by atoms with Crippen LogP contribution in [0.4, 0.5) is 0 Å². The number of nitrogens with one attached hydrogen (secondary N) is 2. The maximum absolute atomic E-state index is 12.3. The zero-order chi connectivity index (χ0) is 41.8. The van der Waals surface area contributed by atoms with E-state index >= 15 is 0 Å². The third-order valence-electron chi connectivity index (χ3n) is 11.4. The number of carbonyl (C=O) groups is 3. The molecular weight excluding hydrogens is 709 g/mol. The number of rotatable bonds is 5. The molecule has 3 saturated heterocycles. The molecule has 3 heterocycles. The fourth-order valence-corrected chi connectivity index (χ4v) is 7.65. The van der Waals surface area contributed by atoms with E-state index in [2.05, 4.69) is 87.6 Å². The first-order chi connectivity index (χ1) is 26.8. The molecule has 0 aromatic heterocycles. The van der Waals surface area contributed by atoms with Gasteiger partial charge in [-0.05, 0) is 131 Å². The van der Waals surface area contributed by atoms with Gasteiger partial charge in [0.15, 0.2) is 0 Å². The molecule has 3 amide bonds. The Balaban J connectivity index is 0.000000190. The van der Waals surface area contributed by atoms with Gasteiger partial charge in [-0.1, -0.05) is 54.1 Å². The van der Waals surface area contributed by atoms with Crippen LogP contribution in [0.3, 0.4) is 0 Å². The molecule has 3 aromatic carbocycles. The molecule has 0 unspecified atom stereocenters. The molecule has 0 radical (unpaired) electrons. The highest BCUT2D eigenvalue weighted by atomic mass is 16.2. The summed E-state index contributed by atoms with van der Waals surface area (Å²) < 4.78 is 0. The van der Waals surface area contributed by atoms with Crippen LogP contribution in [0.25, 0.3) is 0 Å². The van der Waals surface area contributed by atoms with Crippen molar-refractivity contribution < 1.29 is 14.4 Å². The summed E-state index contributed by atoms with van der Waals surface area (Å²) in [6.45, 7) is 30.0. The van der Waals surface area contributed by atoms with Crippen molar-refractivity contribution in [3.8, 4) is 0 Å². The molecule has 3 aliphatic heterocycles. The topological polar surface area (TPSA) is 88.2 Å². The molecule has 9 heteroatoms. The van der Waals surface area contributed by atoms with Gasteiger partial charge in [-0.15, -0.1) is 0 Å². The van der Waals surface area contributed by atoms with E-state index in [1.807, 2.05) is 96.8 Å². The predicted octanol–water partition coefficient (Wildman–Crippen LogP) is 7.91. The van der Waals surface area contributed by atoms with Gasteiger partial charge in [0.25, 0.3) is 17.7 Å². The van der Waals surface area contributed by atoms with Crippen molar-refractivity contribution in [2.45, 2.75) is 124 Å². The van der Waals surface area contributed by atoms with E-state index in [0.29, 0.717) is 12.1 Å². The second kappa shape index (κ2) is 20.6. The zero-order valence-corrected chi connectivity index (χ0v) is 36.7. The van der Waals surface area contributed by atoms with Crippen molar-refractivity contribution in [3.63, 3.8) is 0 Å². The average molecular weight is 781 g/mol. The lowest BCUT2D eigenvalue weighted by molar-refractivity contribution is 0.0451. The Bertz CT molecular complexity index is 1690. The first kappa shape index (κ1) is 45.6. The fraction of sp³-hybridized carbons (Fsp3) is 0.562. The van der Waals surface area contributed by atoms with Crippen molar-refractivity contribution in [2.24, 2.45) is 0 Å². The van der Waals surface area contributed by atoms with Gasteiger partial charge in [0.2, 0.25) is 0 Å². The van der Waals surface area contributed by atoms with Crippen molar-refractivity contribution in [3.05, 3.63) is 107 Å². The molecular formula is C48H72N6O3. The fourth-order valence-electron chi connectivity index (χ4n) is 7.65. The molecule has 3 fully saturated rings. The zero-order valence-electron chi connectivity index (χ0n) is 36.7. The van der Waals surface area contributed by atoms with E-state index in [4.69, 9.17) is 0 Å². The molecule has 3 aliphatic rings. The van der Waals surface area contributed by atoms with Gasteiger partial charge >= 0.3 is 0 Å². The van der Waals surface area contributed by atoms with Gasteiger partial charge < -0.3 is 15.5 Å². The Kier molecular flexibility index (Phi) is 16.5. The molecule has 0 aliphatic carbocycles. The minimum Gasteiger partial charge on any atom is -0.349 e. The van der Waals surface area contributed by atoms with Crippen molar-refractivity contribution >= 4 is 17.7 Å². The highest BCUT2D eigenvalue weighted by Crippen LogP contribution is 2.22. The van der Waals surface area contributed by atoms with Crippen LogP contribution >= 0.6 is 0 Å². The quantitative estimate of drug-likeness (QED) is 0.274. The summed E-state index contributed by atoms with van der Waals surface area (Å²) in [5, 5.41) is 6.31. The first-order valence-electron chi connectivity index (χ1n) is 21.1. The maximum atomic E-state index is 12.3. The van der Waals surface area contributed by atoms with Gasteiger partial charge in [0.05, 0.1) is 0 Å². The van der Waals surface area contributed by atoms with Crippen LogP contribution in [-0.4, -0.2) is 118 Å². The Hall–Kier alpha value is -4.05. The third kappa shape index (κ3) is 14.7. The molecule has 2 N–H and O–H groups in total. The summed E-state index contributed by atoms with van der Waals surface area (Å²) in [5.41, 5.74) is 4.09. The highest BCUT2D eigenvalue weighted by Gasteiger charge is 2.30. The molecule has 6 rings (SSSR count). The van der Waals surface area contributed by atoms with E-state index in [0.717, 1.165) is 100 Å². The number of aryl methyl sites for hydroxylation is 1. The van der Waals surface area contributed by atoms with E-state index in [-0.39, 0.29) is 34.3 Å². The summed E-state index contributed by atoms with van der Waals surface area (Å²) >= 11 is 0. The summed E-state index contributed by atoms with van der Waals surface area (Å²) in [6.07, 6.45) is 4.15. The molecule has 0 saturated carbocycles. The van der Waals surface area contributed by atoms with E-state index in [1.165, 1.54) is 0 Å². The molecule has 0 spiro atoms. The van der Waals surface area contributed by atoms with E-state index in [9.17, 15) is 14.4 Å². The lowest BCUT2D eigenvalue weighted by atomic mass is 9.98. The molecule has 0 atom stereocenters. The molecule has 57 heavy (non-hydrogen) atoms. The second-order valence-corrected chi connectivity index (χ2v) is 18.9. The van der Waals surface area contributed by atoms with Crippen molar-refractivity contribution in [1.82, 2.24) is 30.2 Å². The number of hydrogen-bond acceptors (Lipinski definition) is 6. The number of likely N-dealkylation sites (tertiary alicyclic amines) is 2. The van der Waals surface area contributed by atoms with Gasteiger partial charge in [-0.3, -0.25) is 29.1 Å². The number of nitrogens with zero attached hydrogens (tertiary/aromatic N) is 4. The number of hydrogen-bond donors (Lipinski definition) is 2. The van der Waals surface area contributed by atoms with E-state index < -0.39 is 0 Å². The minimum absolute atomic E-state index is 0.0507. The summed E-state index contributed by atoms with van der Waals surface area (Å²) in [4.78, 5) is 45.9. The van der Waals surface area contributed by atoms with Gasteiger partial charge in [-0.2, -0.15) is 0 Å². The maximum Gasteiger partial charge on any atom is 0.253 e. The van der Waals surface area contributed by atoms with Gasteiger partial charge in [0, 0.05) is 97.7 Å². The summed E-state index contributed by atoms with van der Waals surface area (Å²) in [7, 11) is 0. The van der Waals surface area contributed by atoms with Crippen molar-refractivity contribution in [2.75, 3.05) is 52.4 Å². The van der Waals surface area contributed by atoms with Gasteiger partial charge in [0.1, 0.15) is 0 Å². The highest BCUT2D eigenvalue weighted by molar-refractivity contribution is 5.95. The molecule has 3 aromatic rings. The first-order valence-corrected chi connectivity index (χ1v) is 21.1. The van der Waals surface area contributed by atoms with Crippen LogP contribution in [0.1, 0.15) is 125 Å². The Morgan fingerprint density at radius 2 is 0.842 bits per heavy atom. The third-order valence-corrected chi connectivity index (χ3v) is 11.4. The molecule has 0 bridgehead atoms. The van der Waals surface area contributed by atoms with Crippen LogP contribution in [0, 0.1) is 6.92 Å². The number of piperazine rings is 1. The van der Waals surface area contributed by atoms with Crippen LogP contribution in [0.15, 0.2) is 84.9 Å². The summed E-state index contributed by atoms with van der Waals surface area (Å²) in [5.74, 6) is 0.266. The SMILES string of the molecule is CC(C)(C)N1CCC(NC(=O)c2ccccc2)CC1.CC(C)(C)N1CCN(C(=O)c2ccccc2)CC1.Cc1cccc(C(=O)NC2CCN(C(C)(C)C)CC2)c1. The smallest absolute Gasteiger partial charge is 0.253 e. The Labute approximate surface area is 344 Å². The lowest BCUT2D eigenvalue weighted by Gasteiger charge is -2.42. The molecule has 9 nitrogen and oxygen atoms in total. The monoisotopic (exact) mass is 781 g/mol. The minimum atomic E-state index is 0.0507. The van der Waals surface area contributed by atoms with Crippen molar-refractivity contribution in [1.29, 1.82) is 0 Å². The lowest BCUT2D eigenvalue weighted by Crippen LogP contribution is -2.54. The predicted molar refractivity (Wildman–Crippen MR) is 235 cm³/mol. The van der Waals surface area contributed by atoms with Gasteiger partial charge in [-0.25, -0.2) is 0 Å². The van der Waals surface area contributed by atoms with Crippen LogP contribution in [-0.2, 0) is 0 Å². The largest absolute Gasteiger partial charge is 0.349 e. The summed E-state index contributed by atoms with van der Waals surface area (Å²) in [6, 6.07) is 27.4. The van der Waals surface area contributed by atoms with E-state index in [1.54, 1.807) is 0 Å². The molecule has 312 valence electrons. The number of carbonyl (C=O) groups excluding carboxylic acids is 3. The van der Waals surface area contributed by atoms with Crippen LogP contribution in [0.5, 0.6) is 0 Å². The standard InChI is InChI=1S/C17H26N2O.C16H24N2O.C15H22N2O/c1-13-6-5-7-14(12-13)16(20)18-15-8-10-19(11-9-15)17(2,3)4;1-16(2,3)18-11-9-14(10-12-18)17-15(19)13-7-5-4-6-8-13;1-15(2,3)17-11-9-16(10-12-17)14(18)13-7-5-4-6-8-13/h5-7,12,15H,8-11H2,1-4H3,(H,18,20);4-8,14H,9-12H2,1-3H3,(H,17,19);4-8H,9-12H2,1-3H3.